The number of benzene rings is 3. The highest BCUT2D eigenvalue weighted by Crippen LogP contribution is 2.44. The van der Waals surface area contributed by atoms with Gasteiger partial charge in [-0.25, -0.2) is 0 Å². The van der Waals surface area contributed by atoms with Crippen molar-refractivity contribution in [3.63, 3.8) is 0 Å². The summed E-state index contributed by atoms with van der Waals surface area (Å²) in [4.78, 5) is 28.3. The quantitative estimate of drug-likeness (QED) is 0.262. The average Bonchev–Trinajstić information content (AvgIpc) is 3.50. The van der Waals surface area contributed by atoms with E-state index in [-0.39, 0.29) is 41.0 Å². The van der Waals surface area contributed by atoms with Crippen molar-refractivity contribution in [2.45, 2.75) is 12.6 Å². The normalized spacial score (nSPS) is 17.6. The van der Waals surface area contributed by atoms with Gasteiger partial charge >= 0.3 is 0 Å². The number of Topliss-reactive ketones (excluding diaryl/α,β-unsaturated/α-hetero) is 1. The van der Waals surface area contributed by atoms with Crippen molar-refractivity contribution in [3.05, 3.63) is 81.9 Å². The van der Waals surface area contributed by atoms with Crippen LogP contribution in [0.2, 0.25) is 5.02 Å². The number of aliphatic hydroxyl groups is 1. The van der Waals surface area contributed by atoms with Gasteiger partial charge in [0.1, 0.15) is 23.0 Å². The highest BCUT2D eigenvalue weighted by atomic mass is 35.5. The lowest BCUT2D eigenvalue weighted by atomic mass is 9.94. The molecule has 10 heteroatoms. The molecule has 0 aromatic heterocycles. The van der Waals surface area contributed by atoms with Crippen molar-refractivity contribution >= 4 is 29.1 Å². The largest absolute Gasteiger partial charge is 0.507 e. The van der Waals surface area contributed by atoms with Crippen molar-refractivity contribution in [2.75, 3.05) is 28.1 Å². The third-order valence-corrected chi connectivity index (χ3v) is 6.76. The average molecular weight is 538 g/mol. The molecule has 1 saturated heterocycles. The number of ketones is 1. The lowest BCUT2D eigenvalue weighted by molar-refractivity contribution is -0.140. The van der Waals surface area contributed by atoms with E-state index in [9.17, 15) is 14.7 Å². The second-order valence-electron chi connectivity index (χ2n) is 8.58. The molecule has 2 aliphatic heterocycles. The fraction of sp³-hybridized carbons (Fsp3) is 0.214. The zero-order valence-electron chi connectivity index (χ0n) is 20.8. The molecule has 1 unspecified atom stereocenters. The molecule has 3 aromatic rings. The first-order valence-corrected chi connectivity index (χ1v) is 12.0. The fourth-order valence-corrected chi connectivity index (χ4v) is 4.86. The van der Waals surface area contributed by atoms with Crippen LogP contribution >= 0.6 is 11.6 Å². The molecule has 0 spiro atoms. The Bertz CT molecular complexity index is 1470. The first kappa shape index (κ1) is 25.3. The van der Waals surface area contributed by atoms with Crippen LogP contribution in [0.3, 0.4) is 0 Å². The summed E-state index contributed by atoms with van der Waals surface area (Å²) in [5, 5.41) is 11.8. The molecule has 0 bridgehead atoms. The van der Waals surface area contributed by atoms with Crippen LogP contribution in [0.4, 0.5) is 0 Å². The third-order valence-electron chi connectivity index (χ3n) is 6.47. The van der Waals surface area contributed by atoms with Gasteiger partial charge in [0.05, 0.1) is 43.5 Å². The monoisotopic (exact) mass is 537 g/mol. The number of carbonyl (C=O) groups is 2. The van der Waals surface area contributed by atoms with Gasteiger partial charge < -0.3 is 33.7 Å². The summed E-state index contributed by atoms with van der Waals surface area (Å²) in [5.41, 5.74) is 1.34. The van der Waals surface area contributed by atoms with Gasteiger partial charge in [0.25, 0.3) is 11.7 Å². The molecule has 2 heterocycles. The summed E-state index contributed by atoms with van der Waals surface area (Å²) >= 11 is 6.24. The maximum atomic E-state index is 13.5. The van der Waals surface area contributed by atoms with E-state index in [1.165, 1.54) is 38.4 Å². The molecular formula is C28H24ClNO8. The van der Waals surface area contributed by atoms with Crippen LogP contribution in [0.15, 0.2) is 60.2 Å². The Hall–Kier alpha value is -4.37. The first-order chi connectivity index (χ1) is 18.4. The van der Waals surface area contributed by atoms with E-state index in [4.69, 9.17) is 35.3 Å². The van der Waals surface area contributed by atoms with Gasteiger partial charge in [-0.15, -0.1) is 0 Å². The number of fused-ring (bicyclic) bond motifs is 1. The Morgan fingerprint density at radius 3 is 2.47 bits per heavy atom. The van der Waals surface area contributed by atoms with Gasteiger partial charge in [-0.3, -0.25) is 9.59 Å². The number of likely N-dealkylation sites (tertiary alicyclic amines) is 1. The van der Waals surface area contributed by atoms with Gasteiger partial charge in [-0.05, 0) is 41.5 Å². The summed E-state index contributed by atoms with van der Waals surface area (Å²) in [6, 6.07) is 14.3. The topological polar surface area (TPSA) is 104 Å². The molecule has 1 amide bonds. The molecule has 1 N–H and O–H groups in total. The van der Waals surface area contributed by atoms with E-state index in [1.807, 2.05) is 0 Å². The third kappa shape index (κ3) is 4.35. The lowest BCUT2D eigenvalue weighted by Crippen LogP contribution is -2.29. The smallest absolute Gasteiger partial charge is 0.295 e. The summed E-state index contributed by atoms with van der Waals surface area (Å²) < 4.78 is 27.0. The Morgan fingerprint density at radius 2 is 1.74 bits per heavy atom. The molecule has 196 valence electrons. The van der Waals surface area contributed by atoms with Crippen molar-refractivity contribution in [2.24, 2.45) is 0 Å². The van der Waals surface area contributed by atoms with E-state index in [0.717, 1.165) is 5.56 Å². The molecule has 0 saturated carbocycles. The van der Waals surface area contributed by atoms with Crippen LogP contribution in [-0.4, -0.2) is 49.8 Å². The second-order valence-corrected chi connectivity index (χ2v) is 8.99. The standard InChI is InChI=1S/C28H24ClNO8/c1-34-17-6-4-5-16(10-17)25-24(26(31)18-11-22(36-3)19(29)12-21(18)35-2)27(32)28(33)30(25)13-15-7-8-20-23(9-15)38-14-37-20/h4-12,25,31H,13-14H2,1-3H3/b26-24+. The first-order valence-electron chi connectivity index (χ1n) is 11.6. The predicted molar refractivity (Wildman–Crippen MR) is 138 cm³/mol. The zero-order valence-corrected chi connectivity index (χ0v) is 21.6. The molecule has 5 rings (SSSR count). The van der Waals surface area contributed by atoms with E-state index in [0.29, 0.717) is 22.8 Å². The van der Waals surface area contributed by atoms with E-state index in [2.05, 4.69) is 0 Å². The summed E-state index contributed by atoms with van der Waals surface area (Å²) in [6.07, 6.45) is 0. The Balaban J connectivity index is 1.67. The van der Waals surface area contributed by atoms with Crippen molar-refractivity contribution < 1.29 is 38.4 Å². The van der Waals surface area contributed by atoms with Crippen LogP contribution in [0.25, 0.3) is 5.76 Å². The van der Waals surface area contributed by atoms with Crippen LogP contribution in [-0.2, 0) is 16.1 Å². The van der Waals surface area contributed by atoms with Gasteiger partial charge in [0.15, 0.2) is 11.5 Å². The number of aliphatic hydroxyl groups excluding tert-OH is 1. The van der Waals surface area contributed by atoms with Crippen LogP contribution in [0, 0.1) is 0 Å². The maximum Gasteiger partial charge on any atom is 0.295 e. The molecule has 2 aliphatic rings. The predicted octanol–water partition coefficient (Wildman–Crippen LogP) is 4.72. The molecule has 9 nitrogen and oxygen atoms in total. The minimum Gasteiger partial charge on any atom is -0.507 e. The Labute approximate surface area is 223 Å². The number of hydrogen-bond acceptors (Lipinski definition) is 8. The number of halogens is 1. The number of methoxy groups -OCH3 is 3. The molecule has 38 heavy (non-hydrogen) atoms. The minimum absolute atomic E-state index is 0.0704. The minimum atomic E-state index is -0.929. The fourth-order valence-electron chi connectivity index (χ4n) is 4.63. The summed E-state index contributed by atoms with van der Waals surface area (Å²) in [6.45, 7) is 0.181. The van der Waals surface area contributed by atoms with E-state index < -0.39 is 23.5 Å². The van der Waals surface area contributed by atoms with Crippen LogP contribution in [0.1, 0.15) is 22.7 Å². The van der Waals surface area contributed by atoms with Gasteiger partial charge in [-0.1, -0.05) is 29.8 Å². The van der Waals surface area contributed by atoms with Crippen molar-refractivity contribution in [3.8, 4) is 28.7 Å². The van der Waals surface area contributed by atoms with Crippen LogP contribution < -0.4 is 23.7 Å². The summed E-state index contributed by atoms with van der Waals surface area (Å²) in [7, 11) is 4.36. The number of amides is 1. The molecule has 0 aliphatic carbocycles. The molecule has 3 aromatic carbocycles. The molecule has 1 fully saturated rings. The number of carbonyl (C=O) groups excluding carboxylic acids is 2. The Morgan fingerprint density at radius 1 is 0.974 bits per heavy atom. The van der Waals surface area contributed by atoms with E-state index >= 15 is 0 Å². The maximum absolute atomic E-state index is 13.5. The zero-order chi connectivity index (χ0) is 27.0. The SMILES string of the molecule is COc1cccc(C2/C(=C(\O)c3cc(OC)c(Cl)cc3OC)C(=O)C(=O)N2Cc2ccc3c(c2)OCO3)c1. The molecular weight excluding hydrogens is 514 g/mol. The van der Waals surface area contributed by atoms with Gasteiger partial charge in [0, 0.05) is 12.6 Å². The number of ether oxygens (including phenoxy) is 5. The number of hydrogen-bond donors (Lipinski definition) is 1. The van der Waals surface area contributed by atoms with Gasteiger partial charge in [-0.2, -0.15) is 0 Å². The highest BCUT2D eigenvalue weighted by Gasteiger charge is 2.46. The van der Waals surface area contributed by atoms with Crippen molar-refractivity contribution in [1.29, 1.82) is 0 Å². The number of nitrogens with zero attached hydrogens (tertiary/aromatic N) is 1. The summed E-state index contributed by atoms with van der Waals surface area (Å²) in [5.74, 6) is 0.127. The number of rotatable bonds is 7. The molecule has 0 radical (unpaired) electrons. The van der Waals surface area contributed by atoms with Gasteiger partial charge in [0.2, 0.25) is 6.79 Å². The molecule has 1 atom stereocenters. The Kier molecular flexibility index (Phi) is 6.77. The van der Waals surface area contributed by atoms with Crippen molar-refractivity contribution in [1.82, 2.24) is 4.90 Å². The van der Waals surface area contributed by atoms with Crippen LogP contribution in [0.5, 0.6) is 28.7 Å². The second kappa shape index (κ2) is 10.2. The highest BCUT2D eigenvalue weighted by molar-refractivity contribution is 6.46. The lowest BCUT2D eigenvalue weighted by Gasteiger charge is -2.26. The van der Waals surface area contributed by atoms with E-state index in [1.54, 1.807) is 42.5 Å².